The highest BCUT2D eigenvalue weighted by Crippen LogP contribution is 2.39. The largest absolute Gasteiger partial charge is 0.369 e. The van der Waals surface area contributed by atoms with Crippen molar-refractivity contribution in [2.45, 2.75) is 13.3 Å². The highest BCUT2D eigenvalue weighted by Gasteiger charge is 2.41. The number of primary amides is 1. The number of amides is 2. The van der Waals surface area contributed by atoms with Gasteiger partial charge in [-0.15, -0.1) is 0 Å². The molecule has 2 N–H and O–H groups in total. The number of hydrogen-bond donors (Lipinski definition) is 1. The van der Waals surface area contributed by atoms with Gasteiger partial charge in [-0.1, -0.05) is 6.92 Å². The molecule has 1 saturated carbocycles. The SMILES string of the molecule is CC1CC1C(=O)N1CCN(CC(N)=O)CC1. The Labute approximate surface area is 95.6 Å². The van der Waals surface area contributed by atoms with Crippen molar-refractivity contribution in [1.82, 2.24) is 9.80 Å². The molecule has 16 heavy (non-hydrogen) atoms. The van der Waals surface area contributed by atoms with Crippen LogP contribution in [0.25, 0.3) is 0 Å². The Bertz CT molecular complexity index is 298. The predicted octanol–water partition coefficient (Wildman–Crippen LogP) is -0.728. The van der Waals surface area contributed by atoms with Crippen molar-refractivity contribution in [2.24, 2.45) is 17.6 Å². The molecule has 2 fully saturated rings. The maximum Gasteiger partial charge on any atom is 0.231 e. The second-order valence-corrected chi connectivity index (χ2v) is 4.89. The number of nitrogens with zero attached hydrogens (tertiary/aromatic N) is 2. The van der Waals surface area contributed by atoms with Crippen LogP contribution in [0.1, 0.15) is 13.3 Å². The maximum atomic E-state index is 11.9. The summed E-state index contributed by atoms with van der Waals surface area (Å²) < 4.78 is 0. The minimum Gasteiger partial charge on any atom is -0.369 e. The zero-order valence-corrected chi connectivity index (χ0v) is 9.69. The average Bonchev–Trinajstić information content (AvgIpc) is 2.95. The van der Waals surface area contributed by atoms with Gasteiger partial charge < -0.3 is 10.6 Å². The molecule has 2 rings (SSSR count). The fraction of sp³-hybridized carbons (Fsp3) is 0.818. The first-order valence-corrected chi connectivity index (χ1v) is 5.87. The van der Waals surface area contributed by atoms with E-state index in [0.717, 1.165) is 32.6 Å². The first-order valence-electron chi connectivity index (χ1n) is 5.87. The van der Waals surface area contributed by atoms with E-state index >= 15 is 0 Å². The van der Waals surface area contributed by atoms with Crippen LogP contribution in [0.4, 0.5) is 0 Å². The van der Waals surface area contributed by atoms with E-state index in [1.165, 1.54) is 0 Å². The van der Waals surface area contributed by atoms with Crippen LogP contribution in [-0.4, -0.2) is 54.3 Å². The molecular weight excluding hydrogens is 206 g/mol. The van der Waals surface area contributed by atoms with Crippen molar-refractivity contribution in [1.29, 1.82) is 0 Å². The molecule has 0 aromatic rings. The molecule has 1 saturated heterocycles. The number of carbonyl (C=O) groups is 2. The molecule has 1 aliphatic heterocycles. The summed E-state index contributed by atoms with van der Waals surface area (Å²) in [6.45, 7) is 5.41. The Kier molecular flexibility index (Phi) is 3.14. The molecule has 5 heteroatoms. The van der Waals surface area contributed by atoms with Gasteiger partial charge in [0, 0.05) is 32.1 Å². The lowest BCUT2D eigenvalue weighted by Crippen LogP contribution is -2.51. The summed E-state index contributed by atoms with van der Waals surface area (Å²) in [6, 6.07) is 0. The Morgan fingerprint density at radius 1 is 1.25 bits per heavy atom. The summed E-state index contributed by atoms with van der Waals surface area (Å²) in [5.74, 6) is 0.834. The quantitative estimate of drug-likeness (QED) is 0.688. The molecule has 2 atom stereocenters. The molecule has 0 radical (unpaired) electrons. The van der Waals surface area contributed by atoms with Crippen molar-refractivity contribution < 1.29 is 9.59 Å². The number of piperazine rings is 1. The summed E-state index contributed by atoms with van der Waals surface area (Å²) in [6.07, 6.45) is 1.04. The van der Waals surface area contributed by atoms with E-state index in [9.17, 15) is 9.59 Å². The van der Waals surface area contributed by atoms with Crippen LogP contribution < -0.4 is 5.73 Å². The molecule has 2 amide bonds. The lowest BCUT2D eigenvalue weighted by atomic mass is 10.2. The van der Waals surface area contributed by atoms with E-state index in [2.05, 4.69) is 6.92 Å². The predicted molar refractivity (Wildman–Crippen MR) is 59.5 cm³/mol. The Hall–Kier alpha value is -1.10. The first kappa shape index (κ1) is 11.4. The van der Waals surface area contributed by atoms with Crippen molar-refractivity contribution in [2.75, 3.05) is 32.7 Å². The normalized spacial score (nSPS) is 30.2. The topological polar surface area (TPSA) is 66.6 Å². The highest BCUT2D eigenvalue weighted by atomic mass is 16.2. The van der Waals surface area contributed by atoms with Gasteiger partial charge in [-0.05, 0) is 12.3 Å². The van der Waals surface area contributed by atoms with Crippen molar-refractivity contribution in [3.05, 3.63) is 0 Å². The van der Waals surface area contributed by atoms with Crippen LogP contribution in [-0.2, 0) is 9.59 Å². The van der Waals surface area contributed by atoms with Crippen molar-refractivity contribution in [3.63, 3.8) is 0 Å². The molecular formula is C11H19N3O2. The molecule has 0 spiro atoms. The summed E-state index contributed by atoms with van der Waals surface area (Å²) in [7, 11) is 0. The van der Waals surface area contributed by atoms with Gasteiger partial charge in [-0.25, -0.2) is 0 Å². The van der Waals surface area contributed by atoms with Crippen LogP contribution in [0.2, 0.25) is 0 Å². The minimum absolute atomic E-state index is 0.266. The van der Waals surface area contributed by atoms with Gasteiger partial charge >= 0.3 is 0 Å². The fourth-order valence-corrected chi connectivity index (χ4v) is 2.25. The van der Waals surface area contributed by atoms with E-state index in [1.807, 2.05) is 9.80 Å². The van der Waals surface area contributed by atoms with E-state index in [4.69, 9.17) is 5.73 Å². The highest BCUT2D eigenvalue weighted by molar-refractivity contribution is 5.81. The summed E-state index contributed by atoms with van der Waals surface area (Å²) in [4.78, 5) is 26.6. The van der Waals surface area contributed by atoms with Gasteiger partial charge in [-0.2, -0.15) is 0 Å². The van der Waals surface area contributed by atoms with Crippen LogP contribution >= 0.6 is 0 Å². The Balaban J connectivity index is 1.76. The molecule has 0 aromatic carbocycles. The number of hydrogen-bond acceptors (Lipinski definition) is 3. The van der Waals surface area contributed by atoms with Crippen LogP contribution in [0, 0.1) is 11.8 Å². The minimum atomic E-state index is -0.296. The van der Waals surface area contributed by atoms with E-state index in [-0.39, 0.29) is 11.8 Å². The molecule has 1 aliphatic carbocycles. The third-order valence-electron chi connectivity index (χ3n) is 3.49. The molecule has 90 valence electrons. The maximum absolute atomic E-state index is 11.9. The Morgan fingerprint density at radius 3 is 2.25 bits per heavy atom. The van der Waals surface area contributed by atoms with E-state index in [0.29, 0.717) is 18.4 Å². The van der Waals surface area contributed by atoms with E-state index in [1.54, 1.807) is 0 Å². The summed E-state index contributed by atoms with van der Waals surface area (Å²) in [5, 5.41) is 0. The van der Waals surface area contributed by atoms with Crippen LogP contribution in [0.15, 0.2) is 0 Å². The molecule has 1 heterocycles. The molecule has 0 bridgehead atoms. The third kappa shape index (κ3) is 2.52. The van der Waals surface area contributed by atoms with Crippen LogP contribution in [0.3, 0.4) is 0 Å². The second-order valence-electron chi connectivity index (χ2n) is 4.89. The number of carbonyl (C=O) groups excluding carboxylic acids is 2. The first-order chi connectivity index (χ1) is 7.58. The van der Waals surface area contributed by atoms with Gasteiger partial charge in [0.05, 0.1) is 6.54 Å². The number of rotatable bonds is 3. The second kappa shape index (κ2) is 4.41. The van der Waals surface area contributed by atoms with Gasteiger partial charge in [0.15, 0.2) is 0 Å². The standard InChI is InChI=1S/C11H19N3O2/c1-8-6-9(8)11(16)14-4-2-13(3-5-14)7-10(12)15/h8-9H,2-7H2,1H3,(H2,12,15). The molecule has 5 nitrogen and oxygen atoms in total. The Morgan fingerprint density at radius 2 is 1.81 bits per heavy atom. The lowest BCUT2D eigenvalue weighted by Gasteiger charge is -2.34. The van der Waals surface area contributed by atoms with E-state index < -0.39 is 0 Å². The van der Waals surface area contributed by atoms with Gasteiger partial charge in [-0.3, -0.25) is 14.5 Å². The summed E-state index contributed by atoms with van der Waals surface area (Å²) in [5.41, 5.74) is 5.13. The monoisotopic (exact) mass is 225 g/mol. The summed E-state index contributed by atoms with van der Waals surface area (Å²) >= 11 is 0. The fourth-order valence-electron chi connectivity index (χ4n) is 2.25. The van der Waals surface area contributed by atoms with Crippen molar-refractivity contribution >= 4 is 11.8 Å². The average molecular weight is 225 g/mol. The lowest BCUT2D eigenvalue weighted by molar-refractivity contribution is -0.134. The van der Waals surface area contributed by atoms with Gasteiger partial charge in [0.2, 0.25) is 11.8 Å². The molecule has 0 aromatic heterocycles. The molecule has 2 aliphatic rings. The van der Waals surface area contributed by atoms with Crippen LogP contribution in [0.5, 0.6) is 0 Å². The molecule has 2 unspecified atom stereocenters. The van der Waals surface area contributed by atoms with Crippen molar-refractivity contribution in [3.8, 4) is 0 Å². The zero-order valence-electron chi connectivity index (χ0n) is 9.69. The smallest absolute Gasteiger partial charge is 0.231 e. The zero-order chi connectivity index (χ0) is 11.7. The third-order valence-corrected chi connectivity index (χ3v) is 3.49. The van der Waals surface area contributed by atoms with Gasteiger partial charge in [0.1, 0.15) is 0 Å². The number of nitrogens with two attached hydrogens (primary N) is 1. The van der Waals surface area contributed by atoms with Gasteiger partial charge in [0.25, 0.3) is 0 Å².